The maximum absolute atomic E-state index is 14.9. The Morgan fingerprint density at radius 1 is 1.14 bits per heavy atom. The van der Waals surface area contributed by atoms with Crippen LogP contribution in [-0.2, 0) is 4.79 Å². The molecule has 152 valence electrons. The van der Waals surface area contributed by atoms with Crippen LogP contribution in [0, 0.1) is 24.5 Å². The first-order chi connectivity index (χ1) is 13.6. The van der Waals surface area contributed by atoms with Crippen LogP contribution in [0.25, 0.3) is 10.9 Å². The number of carbonyl (C=O) groups excluding carboxylic acids is 1. The van der Waals surface area contributed by atoms with Crippen LogP contribution in [0.15, 0.2) is 36.4 Å². The standard InChI is InChI=1S/C22H21F2NO4/c1-11(2)9-15(22(28)29)18-12(3)25(16-7-8-17(26)20(24)19(16)18)21(27)13-5-4-6-14(23)10-13/h4-8,10-11,15,26H,9H2,1-3H3,(H,28,29). The molecule has 1 heterocycles. The number of rotatable bonds is 5. The van der Waals surface area contributed by atoms with E-state index in [0.717, 1.165) is 12.1 Å². The number of aliphatic carboxylic acids is 1. The molecule has 5 nitrogen and oxygen atoms in total. The summed E-state index contributed by atoms with van der Waals surface area (Å²) in [6.45, 7) is 5.21. The summed E-state index contributed by atoms with van der Waals surface area (Å²) in [4.78, 5) is 25.1. The van der Waals surface area contributed by atoms with Gasteiger partial charge in [-0.3, -0.25) is 14.2 Å². The molecule has 0 bridgehead atoms. The van der Waals surface area contributed by atoms with Crippen LogP contribution >= 0.6 is 0 Å². The van der Waals surface area contributed by atoms with E-state index in [2.05, 4.69) is 0 Å². The van der Waals surface area contributed by atoms with Gasteiger partial charge >= 0.3 is 5.97 Å². The maximum Gasteiger partial charge on any atom is 0.311 e. The first kappa shape index (κ1) is 20.5. The Morgan fingerprint density at radius 2 is 1.83 bits per heavy atom. The summed E-state index contributed by atoms with van der Waals surface area (Å²) in [6, 6.07) is 7.53. The van der Waals surface area contributed by atoms with Gasteiger partial charge in [-0.05, 0) is 55.2 Å². The Morgan fingerprint density at radius 3 is 2.41 bits per heavy atom. The molecule has 0 aliphatic carbocycles. The molecule has 0 saturated heterocycles. The van der Waals surface area contributed by atoms with Gasteiger partial charge in [0.15, 0.2) is 11.6 Å². The summed E-state index contributed by atoms with van der Waals surface area (Å²) >= 11 is 0. The number of fused-ring (bicyclic) bond motifs is 1. The van der Waals surface area contributed by atoms with Crippen molar-refractivity contribution >= 4 is 22.8 Å². The Balaban J connectivity index is 2.35. The second-order valence-electron chi connectivity index (χ2n) is 7.46. The van der Waals surface area contributed by atoms with Crippen molar-refractivity contribution < 1.29 is 28.6 Å². The number of phenolic OH excluding ortho intramolecular Hbond substituents is 1. The lowest BCUT2D eigenvalue weighted by molar-refractivity contribution is -0.139. The highest BCUT2D eigenvalue weighted by atomic mass is 19.1. The monoisotopic (exact) mass is 401 g/mol. The predicted molar refractivity (Wildman–Crippen MR) is 104 cm³/mol. The summed E-state index contributed by atoms with van der Waals surface area (Å²) in [5.41, 5.74) is 0.545. The number of carboxylic acids is 1. The SMILES string of the molecule is Cc1c(C(CC(C)C)C(=O)O)c2c(F)c(O)ccc2n1C(=O)c1cccc(F)c1. The van der Waals surface area contributed by atoms with E-state index in [4.69, 9.17) is 0 Å². The van der Waals surface area contributed by atoms with Crippen molar-refractivity contribution in [2.24, 2.45) is 5.92 Å². The van der Waals surface area contributed by atoms with Gasteiger partial charge in [0.25, 0.3) is 5.91 Å². The highest BCUT2D eigenvalue weighted by Gasteiger charge is 2.32. The van der Waals surface area contributed by atoms with Gasteiger partial charge in [0.1, 0.15) is 5.82 Å². The van der Waals surface area contributed by atoms with Crippen LogP contribution in [0.2, 0.25) is 0 Å². The van der Waals surface area contributed by atoms with Gasteiger partial charge in [0.05, 0.1) is 11.4 Å². The average molecular weight is 401 g/mol. The van der Waals surface area contributed by atoms with E-state index in [1.165, 1.54) is 35.8 Å². The normalized spacial score (nSPS) is 12.5. The number of hydrogen-bond donors (Lipinski definition) is 2. The zero-order valence-corrected chi connectivity index (χ0v) is 16.2. The summed E-state index contributed by atoms with van der Waals surface area (Å²) in [5, 5.41) is 19.6. The molecule has 3 rings (SSSR count). The van der Waals surface area contributed by atoms with E-state index in [9.17, 15) is 28.6 Å². The zero-order chi connectivity index (χ0) is 21.5. The Labute approximate surface area is 166 Å². The van der Waals surface area contributed by atoms with Crippen molar-refractivity contribution in [2.75, 3.05) is 0 Å². The van der Waals surface area contributed by atoms with Crippen LogP contribution in [-0.4, -0.2) is 26.7 Å². The Hall–Kier alpha value is -3.22. The van der Waals surface area contributed by atoms with Crippen molar-refractivity contribution in [3.8, 4) is 5.75 Å². The topological polar surface area (TPSA) is 79.5 Å². The third kappa shape index (κ3) is 3.60. The molecule has 1 unspecified atom stereocenters. The molecule has 0 saturated carbocycles. The molecule has 0 radical (unpaired) electrons. The molecule has 1 atom stereocenters. The number of aromatic hydroxyl groups is 1. The maximum atomic E-state index is 14.9. The largest absolute Gasteiger partial charge is 0.505 e. The van der Waals surface area contributed by atoms with Crippen LogP contribution in [0.1, 0.15) is 47.8 Å². The van der Waals surface area contributed by atoms with Crippen molar-refractivity contribution in [2.45, 2.75) is 33.1 Å². The molecular formula is C22H21F2NO4. The lowest BCUT2D eigenvalue weighted by Crippen LogP contribution is -2.17. The van der Waals surface area contributed by atoms with Gasteiger partial charge in [-0.15, -0.1) is 0 Å². The Bertz CT molecular complexity index is 1120. The van der Waals surface area contributed by atoms with E-state index >= 15 is 0 Å². The van der Waals surface area contributed by atoms with Crippen LogP contribution in [0.5, 0.6) is 5.75 Å². The molecular weight excluding hydrogens is 380 g/mol. The van der Waals surface area contributed by atoms with Crippen molar-refractivity contribution in [1.29, 1.82) is 0 Å². The minimum absolute atomic E-state index is 0.00630. The number of carbonyl (C=O) groups is 2. The molecule has 7 heteroatoms. The fourth-order valence-electron chi connectivity index (χ4n) is 3.73. The van der Waals surface area contributed by atoms with Gasteiger partial charge in [-0.1, -0.05) is 19.9 Å². The molecule has 0 spiro atoms. The van der Waals surface area contributed by atoms with E-state index in [-0.39, 0.29) is 40.1 Å². The number of nitrogens with zero attached hydrogens (tertiary/aromatic N) is 1. The molecule has 0 amide bonds. The predicted octanol–water partition coefficient (Wildman–Crippen LogP) is 4.84. The summed E-state index contributed by atoms with van der Waals surface area (Å²) in [6.07, 6.45) is 0.221. The second-order valence-corrected chi connectivity index (χ2v) is 7.46. The third-order valence-corrected chi connectivity index (χ3v) is 4.96. The first-order valence-electron chi connectivity index (χ1n) is 9.18. The number of halogens is 2. The van der Waals surface area contributed by atoms with Crippen molar-refractivity contribution in [1.82, 2.24) is 4.57 Å². The number of hydrogen-bond acceptors (Lipinski definition) is 3. The molecule has 1 aromatic heterocycles. The van der Waals surface area contributed by atoms with E-state index in [0.29, 0.717) is 0 Å². The molecule has 2 N–H and O–H groups in total. The third-order valence-electron chi connectivity index (χ3n) is 4.96. The molecule has 29 heavy (non-hydrogen) atoms. The molecule has 0 aliphatic heterocycles. The first-order valence-corrected chi connectivity index (χ1v) is 9.18. The summed E-state index contributed by atoms with van der Waals surface area (Å²) in [5.74, 6) is -5.07. The number of aromatic nitrogens is 1. The number of carboxylic acid groups (broad SMARTS) is 1. The molecule has 3 aromatic rings. The van der Waals surface area contributed by atoms with Crippen molar-refractivity contribution in [3.05, 3.63) is 64.9 Å². The van der Waals surface area contributed by atoms with Crippen LogP contribution < -0.4 is 0 Å². The second kappa shape index (κ2) is 7.66. The van der Waals surface area contributed by atoms with Crippen LogP contribution in [0.3, 0.4) is 0 Å². The zero-order valence-electron chi connectivity index (χ0n) is 16.2. The smallest absolute Gasteiger partial charge is 0.311 e. The number of benzene rings is 2. The van der Waals surface area contributed by atoms with Gasteiger partial charge in [0.2, 0.25) is 0 Å². The quantitative estimate of drug-likeness (QED) is 0.641. The molecule has 0 fully saturated rings. The minimum atomic E-state index is -1.15. The summed E-state index contributed by atoms with van der Waals surface area (Å²) in [7, 11) is 0. The van der Waals surface area contributed by atoms with E-state index in [1.54, 1.807) is 0 Å². The fraction of sp³-hybridized carbons (Fsp3) is 0.273. The summed E-state index contributed by atoms with van der Waals surface area (Å²) < 4.78 is 29.7. The van der Waals surface area contributed by atoms with Gasteiger partial charge in [-0.2, -0.15) is 0 Å². The highest BCUT2D eigenvalue weighted by molar-refractivity contribution is 6.05. The average Bonchev–Trinajstić information content (AvgIpc) is 2.94. The Kier molecular flexibility index (Phi) is 5.42. The lowest BCUT2D eigenvalue weighted by Gasteiger charge is -2.16. The fourth-order valence-corrected chi connectivity index (χ4v) is 3.73. The van der Waals surface area contributed by atoms with Gasteiger partial charge in [0, 0.05) is 16.6 Å². The lowest BCUT2D eigenvalue weighted by atomic mass is 9.88. The molecule has 2 aromatic carbocycles. The number of phenols is 1. The van der Waals surface area contributed by atoms with Crippen LogP contribution in [0.4, 0.5) is 8.78 Å². The highest BCUT2D eigenvalue weighted by Crippen LogP contribution is 2.39. The van der Waals surface area contributed by atoms with E-state index in [1.807, 2.05) is 13.8 Å². The molecule has 0 aliphatic rings. The van der Waals surface area contributed by atoms with Gasteiger partial charge in [-0.25, -0.2) is 8.78 Å². The van der Waals surface area contributed by atoms with Crippen molar-refractivity contribution in [3.63, 3.8) is 0 Å². The minimum Gasteiger partial charge on any atom is -0.505 e. The van der Waals surface area contributed by atoms with Gasteiger partial charge < -0.3 is 10.2 Å². The van der Waals surface area contributed by atoms with E-state index < -0.39 is 35.2 Å².